The lowest BCUT2D eigenvalue weighted by atomic mass is 10.2. The molecule has 1 rings (SSSR count). The van der Waals surface area contributed by atoms with Crippen LogP contribution >= 0.6 is 0 Å². The fourth-order valence-electron chi connectivity index (χ4n) is 1.39. The number of anilines is 1. The van der Waals surface area contributed by atoms with Crippen molar-refractivity contribution >= 4 is 17.5 Å². The molecule has 1 unspecified atom stereocenters. The number of likely N-dealkylation sites (N-methyl/N-ethyl adjacent to an activating group) is 1. The third kappa shape index (κ3) is 3.04. The third-order valence-electron chi connectivity index (χ3n) is 2.43. The Morgan fingerprint density at radius 3 is 2.24 bits per heavy atom. The molecule has 1 aromatic rings. The van der Waals surface area contributed by atoms with Crippen LogP contribution in [-0.4, -0.2) is 37.1 Å². The Hall–Kier alpha value is -1.88. The van der Waals surface area contributed by atoms with E-state index in [0.29, 0.717) is 11.3 Å². The van der Waals surface area contributed by atoms with Crippen LogP contribution in [-0.2, 0) is 4.79 Å². The number of nitrogens with zero attached hydrogens (tertiary/aromatic N) is 1. The average molecular weight is 236 g/mol. The molecule has 1 atom stereocenters. The van der Waals surface area contributed by atoms with E-state index in [1.165, 1.54) is 11.8 Å². The van der Waals surface area contributed by atoms with Crippen molar-refractivity contribution in [3.63, 3.8) is 0 Å². The van der Waals surface area contributed by atoms with Gasteiger partial charge in [-0.2, -0.15) is 0 Å². The summed E-state index contributed by atoms with van der Waals surface area (Å²) in [5.74, 6) is -0.571. The van der Waals surface area contributed by atoms with Crippen molar-refractivity contribution in [1.29, 1.82) is 0 Å². The fourth-order valence-corrected chi connectivity index (χ4v) is 1.39. The van der Waals surface area contributed by atoms with Gasteiger partial charge >= 0.3 is 0 Å². The maximum atomic E-state index is 11.5. The van der Waals surface area contributed by atoms with Gasteiger partial charge in [-0.15, -0.1) is 0 Å². The minimum absolute atomic E-state index is 0.180. The topological polar surface area (TPSA) is 69.6 Å². The number of nitrogens with one attached hydrogen (secondary N) is 1. The summed E-state index contributed by atoms with van der Waals surface area (Å²) < 4.78 is 0. The maximum Gasteiger partial charge on any atom is 0.255 e. The second kappa shape index (κ2) is 5.45. The highest BCUT2D eigenvalue weighted by Crippen LogP contribution is 2.14. The van der Waals surface area contributed by atoms with Crippen LogP contribution in [0, 0.1) is 0 Å². The molecule has 0 fully saturated rings. The van der Waals surface area contributed by atoms with Gasteiger partial charge in [-0.25, -0.2) is 0 Å². The zero-order valence-corrected chi connectivity index (χ0v) is 10.1. The van der Waals surface area contributed by atoms with E-state index in [0.717, 1.165) is 0 Å². The largest absolute Gasteiger partial charge is 0.384 e. The molecule has 0 aliphatic heterocycles. The number of carbonyl (C=O) groups excluding carboxylic acids is 2. The van der Waals surface area contributed by atoms with E-state index in [-0.39, 0.29) is 5.91 Å². The van der Waals surface area contributed by atoms with Crippen LogP contribution in [0.3, 0.4) is 0 Å². The van der Waals surface area contributed by atoms with Crippen LogP contribution in [0.15, 0.2) is 24.3 Å². The normalized spacial score (nSPS) is 11.8. The molecule has 0 aromatic heterocycles. The van der Waals surface area contributed by atoms with E-state index in [9.17, 15) is 14.7 Å². The Kier molecular flexibility index (Phi) is 4.23. The van der Waals surface area contributed by atoms with E-state index in [2.05, 4.69) is 5.32 Å². The number of hydrogen-bond donors (Lipinski definition) is 2. The predicted octanol–water partition coefficient (Wildman–Crippen LogP) is 0.390. The highest BCUT2D eigenvalue weighted by Gasteiger charge is 2.16. The first kappa shape index (κ1) is 13.2. The molecule has 0 heterocycles. The van der Waals surface area contributed by atoms with Gasteiger partial charge in [0.1, 0.15) is 6.10 Å². The Labute approximate surface area is 100 Å². The van der Waals surface area contributed by atoms with Gasteiger partial charge < -0.3 is 15.3 Å². The Bertz CT molecular complexity index is 412. The van der Waals surface area contributed by atoms with Gasteiger partial charge in [0.2, 0.25) is 0 Å². The molecule has 17 heavy (non-hydrogen) atoms. The molecular weight excluding hydrogens is 220 g/mol. The van der Waals surface area contributed by atoms with Crippen LogP contribution in [0.2, 0.25) is 0 Å². The van der Waals surface area contributed by atoms with Crippen molar-refractivity contribution in [3.8, 4) is 0 Å². The summed E-state index contributed by atoms with van der Waals surface area (Å²) in [5.41, 5.74) is 1.15. The Balaban J connectivity index is 2.87. The van der Waals surface area contributed by atoms with Gasteiger partial charge in [0.15, 0.2) is 0 Å². The van der Waals surface area contributed by atoms with Gasteiger partial charge in [-0.3, -0.25) is 9.59 Å². The second-order valence-electron chi connectivity index (χ2n) is 3.70. The number of aliphatic hydroxyl groups excluding tert-OH is 1. The van der Waals surface area contributed by atoms with Crippen molar-refractivity contribution in [3.05, 3.63) is 29.8 Å². The van der Waals surface area contributed by atoms with Gasteiger partial charge in [0.25, 0.3) is 11.8 Å². The fraction of sp³-hybridized carbons (Fsp3) is 0.333. The molecule has 0 aliphatic rings. The number of hydrogen-bond acceptors (Lipinski definition) is 3. The van der Waals surface area contributed by atoms with E-state index in [4.69, 9.17) is 0 Å². The number of benzene rings is 1. The lowest BCUT2D eigenvalue weighted by Gasteiger charge is -2.19. The van der Waals surface area contributed by atoms with Crippen molar-refractivity contribution in [1.82, 2.24) is 5.32 Å². The molecule has 0 saturated heterocycles. The SMILES string of the molecule is CNC(=O)c1ccc(N(C)C(=O)C(C)O)cc1. The van der Waals surface area contributed by atoms with Crippen LogP contribution in [0.4, 0.5) is 5.69 Å². The number of rotatable bonds is 3. The summed E-state index contributed by atoms with van der Waals surface area (Å²) in [7, 11) is 3.13. The Morgan fingerprint density at radius 1 is 1.29 bits per heavy atom. The van der Waals surface area contributed by atoms with Gasteiger partial charge in [-0.1, -0.05) is 0 Å². The number of carbonyl (C=O) groups is 2. The average Bonchev–Trinajstić information content (AvgIpc) is 2.36. The first-order valence-corrected chi connectivity index (χ1v) is 5.25. The molecule has 5 nitrogen and oxygen atoms in total. The molecule has 0 aliphatic carbocycles. The number of amides is 2. The smallest absolute Gasteiger partial charge is 0.255 e. The molecule has 92 valence electrons. The highest BCUT2D eigenvalue weighted by atomic mass is 16.3. The molecule has 0 radical (unpaired) electrons. The predicted molar refractivity (Wildman–Crippen MR) is 64.9 cm³/mol. The first-order valence-electron chi connectivity index (χ1n) is 5.25. The first-order chi connectivity index (χ1) is 7.97. The summed E-state index contributed by atoms with van der Waals surface area (Å²) in [6.45, 7) is 1.41. The van der Waals surface area contributed by atoms with E-state index < -0.39 is 12.0 Å². The minimum atomic E-state index is -1.04. The molecule has 0 spiro atoms. The van der Waals surface area contributed by atoms with Crippen molar-refractivity contribution in [2.24, 2.45) is 0 Å². The van der Waals surface area contributed by atoms with Crippen LogP contribution < -0.4 is 10.2 Å². The maximum absolute atomic E-state index is 11.5. The molecule has 0 bridgehead atoms. The number of aliphatic hydroxyl groups is 1. The standard InChI is InChI=1S/C12H16N2O3/c1-8(15)12(17)14(3)10-6-4-9(5-7-10)11(16)13-2/h4-8,15H,1-3H3,(H,13,16). The quantitative estimate of drug-likeness (QED) is 0.797. The molecule has 1 aromatic carbocycles. The molecule has 0 saturated carbocycles. The molecule has 2 amide bonds. The van der Waals surface area contributed by atoms with Crippen LogP contribution in [0.1, 0.15) is 17.3 Å². The molecular formula is C12H16N2O3. The van der Waals surface area contributed by atoms with Gasteiger partial charge in [-0.05, 0) is 31.2 Å². The highest BCUT2D eigenvalue weighted by molar-refractivity contribution is 5.97. The zero-order valence-electron chi connectivity index (χ0n) is 10.1. The monoisotopic (exact) mass is 236 g/mol. The van der Waals surface area contributed by atoms with E-state index in [1.807, 2.05) is 0 Å². The van der Waals surface area contributed by atoms with Crippen molar-refractivity contribution in [2.75, 3.05) is 19.0 Å². The molecule has 5 heteroatoms. The summed E-state index contributed by atoms with van der Waals surface area (Å²) in [6, 6.07) is 6.57. The Morgan fingerprint density at radius 2 is 1.82 bits per heavy atom. The molecule has 2 N–H and O–H groups in total. The summed E-state index contributed by atoms with van der Waals surface area (Å²) in [5, 5.41) is 11.7. The third-order valence-corrected chi connectivity index (χ3v) is 2.43. The lowest BCUT2D eigenvalue weighted by molar-refractivity contribution is -0.125. The zero-order chi connectivity index (χ0) is 13.0. The minimum Gasteiger partial charge on any atom is -0.384 e. The van der Waals surface area contributed by atoms with Gasteiger partial charge in [0, 0.05) is 25.3 Å². The van der Waals surface area contributed by atoms with Crippen molar-refractivity contribution < 1.29 is 14.7 Å². The van der Waals surface area contributed by atoms with Crippen molar-refractivity contribution in [2.45, 2.75) is 13.0 Å². The van der Waals surface area contributed by atoms with E-state index in [1.54, 1.807) is 38.4 Å². The van der Waals surface area contributed by atoms with Crippen LogP contribution in [0.25, 0.3) is 0 Å². The summed E-state index contributed by atoms with van der Waals surface area (Å²) in [4.78, 5) is 24.2. The summed E-state index contributed by atoms with van der Waals surface area (Å²) in [6.07, 6.45) is -1.04. The lowest BCUT2D eigenvalue weighted by Crippen LogP contribution is -2.34. The van der Waals surface area contributed by atoms with Crippen LogP contribution in [0.5, 0.6) is 0 Å². The van der Waals surface area contributed by atoms with Gasteiger partial charge in [0.05, 0.1) is 0 Å². The summed E-state index contributed by atoms with van der Waals surface area (Å²) >= 11 is 0. The second-order valence-corrected chi connectivity index (χ2v) is 3.70. The van der Waals surface area contributed by atoms with E-state index >= 15 is 0 Å².